The highest BCUT2D eigenvalue weighted by Crippen LogP contribution is 2.21. The van der Waals surface area contributed by atoms with E-state index in [4.69, 9.17) is 17.2 Å². The molecule has 2 aromatic rings. The number of hydrogen-bond acceptors (Lipinski definition) is 7. The second kappa shape index (κ2) is 15.4. The molecule has 0 radical (unpaired) electrons. The van der Waals surface area contributed by atoms with Crippen LogP contribution in [0.2, 0.25) is 0 Å². The number of rotatable bonds is 14. The van der Waals surface area contributed by atoms with E-state index in [0.29, 0.717) is 37.8 Å². The lowest BCUT2D eigenvalue weighted by atomic mass is 10.0. The normalized spacial score (nSPS) is 16.6. The van der Waals surface area contributed by atoms with Gasteiger partial charge in [-0.25, -0.2) is 4.79 Å². The van der Waals surface area contributed by atoms with Crippen LogP contribution < -0.4 is 27.8 Å². The van der Waals surface area contributed by atoms with Crippen LogP contribution >= 0.6 is 0 Å². The molecule has 4 atom stereocenters. The molecule has 13 nitrogen and oxygen atoms in total. The Kier molecular flexibility index (Phi) is 11.7. The molecule has 0 bridgehead atoms. The molecular formula is C29H39N7O6. The SMILES string of the molecule is NC(N)=NCCCC(N)C(=O)NC(Cc1ccccc1)C(=O)N1CCCC1C(=O)NC(Cc1ccc(O)cc1)C(=O)O. The molecule has 1 heterocycles. The van der Waals surface area contributed by atoms with Crippen LogP contribution in [0.4, 0.5) is 0 Å². The summed E-state index contributed by atoms with van der Waals surface area (Å²) in [6.45, 7) is 0.586. The maximum Gasteiger partial charge on any atom is 0.326 e. The minimum atomic E-state index is -1.24. The predicted molar refractivity (Wildman–Crippen MR) is 156 cm³/mol. The molecule has 1 aliphatic rings. The zero-order chi connectivity index (χ0) is 30.6. The van der Waals surface area contributed by atoms with Crippen molar-refractivity contribution in [2.75, 3.05) is 13.1 Å². The minimum Gasteiger partial charge on any atom is -0.508 e. The Morgan fingerprint density at radius 2 is 1.60 bits per heavy atom. The van der Waals surface area contributed by atoms with Crippen LogP contribution in [-0.2, 0) is 32.0 Å². The van der Waals surface area contributed by atoms with Gasteiger partial charge in [0, 0.05) is 25.9 Å². The van der Waals surface area contributed by atoms with Crippen LogP contribution in [0.25, 0.3) is 0 Å². The number of phenols is 1. The highest BCUT2D eigenvalue weighted by Gasteiger charge is 2.39. The molecule has 13 heteroatoms. The standard InChI is InChI=1S/C29H39N7O6/c30-21(8-4-14-33-29(31)32)25(38)34-22(16-18-6-2-1-3-7-18)27(40)36-15-5-9-24(36)26(39)35-23(28(41)42)17-19-10-12-20(37)13-11-19/h1-3,6-7,10-13,21-24,37H,4-5,8-9,14-17,30H2,(H,34,38)(H,35,39)(H,41,42)(H4,31,32,33). The quantitative estimate of drug-likeness (QED) is 0.0874. The smallest absolute Gasteiger partial charge is 0.326 e. The summed E-state index contributed by atoms with van der Waals surface area (Å²) in [6.07, 6.45) is 1.81. The maximum atomic E-state index is 13.8. The van der Waals surface area contributed by atoms with Crippen molar-refractivity contribution in [3.63, 3.8) is 0 Å². The number of carboxylic acids is 1. The van der Waals surface area contributed by atoms with Gasteiger partial charge < -0.3 is 42.9 Å². The van der Waals surface area contributed by atoms with Crippen LogP contribution in [0, 0.1) is 0 Å². The first-order valence-corrected chi connectivity index (χ1v) is 13.8. The third kappa shape index (κ3) is 9.47. The van der Waals surface area contributed by atoms with Gasteiger partial charge in [0.15, 0.2) is 5.96 Å². The number of guanidine groups is 1. The second-order valence-corrected chi connectivity index (χ2v) is 10.3. The van der Waals surface area contributed by atoms with E-state index in [1.54, 1.807) is 12.1 Å². The fourth-order valence-electron chi connectivity index (χ4n) is 4.82. The molecule has 3 amide bonds. The Labute approximate surface area is 244 Å². The zero-order valence-corrected chi connectivity index (χ0v) is 23.3. The van der Waals surface area contributed by atoms with E-state index in [9.17, 15) is 29.4 Å². The van der Waals surface area contributed by atoms with E-state index >= 15 is 0 Å². The summed E-state index contributed by atoms with van der Waals surface area (Å²) in [5.74, 6) is -2.81. The Morgan fingerprint density at radius 1 is 0.952 bits per heavy atom. The van der Waals surface area contributed by atoms with Crippen LogP contribution in [-0.4, -0.2) is 82.0 Å². The molecular weight excluding hydrogens is 542 g/mol. The number of carbonyl (C=O) groups excluding carboxylic acids is 3. The number of aromatic hydroxyl groups is 1. The van der Waals surface area contributed by atoms with Gasteiger partial charge >= 0.3 is 5.97 Å². The topological polar surface area (TPSA) is 226 Å². The van der Waals surface area contributed by atoms with Gasteiger partial charge in [0.25, 0.3) is 0 Å². The number of hydrogen-bond donors (Lipinski definition) is 7. The molecule has 42 heavy (non-hydrogen) atoms. The van der Waals surface area contributed by atoms with Crippen LogP contribution in [0.3, 0.4) is 0 Å². The van der Waals surface area contributed by atoms with Crippen molar-refractivity contribution in [1.82, 2.24) is 15.5 Å². The van der Waals surface area contributed by atoms with E-state index < -0.39 is 47.9 Å². The first-order chi connectivity index (χ1) is 20.0. The van der Waals surface area contributed by atoms with E-state index in [1.807, 2.05) is 30.3 Å². The Morgan fingerprint density at radius 3 is 2.24 bits per heavy atom. The van der Waals surface area contributed by atoms with E-state index in [1.165, 1.54) is 17.0 Å². The average molecular weight is 582 g/mol. The first-order valence-electron chi connectivity index (χ1n) is 13.8. The van der Waals surface area contributed by atoms with Gasteiger partial charge in [0.2, 0.25) is 17.7 Å². The van der Waals surface area contributed by atoms with E-state index in [0.717, 1.165) is 5.56 Å². The van der Waals surface area contributed by atoms with Gasteiger partial charge in [-0.15, -0.1) is 0 Å². The Bertz CT molecular complexity index is 1250. The van der Waals surface area contributed by atoms with Crippen LogP contribution in [0.15, 0.2) is 59.6 Å². The molecule has 1 saturated heterocycles. The van der Waals surface area contributed by atoms with Crippen molar-refractivity contribution in [2.45, 2.75) is 62.7 Å². The third-order valence-electron chi connectivity index (χ3n) is 7.03. The summed E-state index contributed by atoms with van der Waals surface area (Å²) < 4.78 is 0. The number of nitrogens with one attached hydrogen (secondary N) is 2. The van der Waals surface area contributed by atoms with Crippen molar-refractivity contribution in [3.8, 4) is 5.75 Å². The fourth-order valence-corrected chi connectivity index (χ4v) is 4.82. The molecule has 0 aliphatic carbocycles. The number of nitrogens with zero attached hydrogens (tertiary/aromatic N) is 2. The first kappa shape index (κ1) is 31.9. The van der Waals surface area contributed by atoms with Gasteiger partial charge in [0.1, 0.15) is 23.9 Å². The number of aliphatic carboxylic acids is 1. The van der Waals surface area contributed by atoms with Gasteiger partial charge in [-0.2, -0.15) is 0 Å². The molecule has 10 N–H and O–H groups in total. The average Bonchev–Trinajstić information content (AvgIpc) is 3.46. The van der Waals surface area contributed by atoms with Crippen molar-refractivity contribution in [1.29, 1.82) is 0 Å². The monoisotopic (exact) mass is 581 g/mol. The van der Waals surface area contributed by atoms with Gasteiger partial charge in [-0.05, 0) is 48.9 Å². The molecule has 1 aliphatic heterocycles. The van der Waals surface area contributed by atoms with Gasteiger partial charge in [-0.1, -0.05) is 42.5 Å². The van der Waals surface area contributed by atoms with Crippen molar-refractivity contribution >= 4 is 29.7 Å². The summed E-state index contributed by atoms with van der Waals surface area (Å²) in [5.41, 5.74) is 18.1. The molecule has 2 aromatic carbocycles. The largest absolute Gasteiger partial charge is 0.508 e. The molecule has 0 spiro atoms. The Balaban J connectivity index is 1.71. The van der Waals surface area contributed by atoms with E-state index in [2.05, 4.69) is 15.6 Å². The minimum absolute atomic E-state index is 0.00418. The highest BCUT2D eigenvalue weighted by molar-refractivity contribution is 5.94. The summed E-state index contributed by atoms with van der Waals surface area (Å²) in [4.78, 5) is 57.3. The number of carbonyl (C=O) groups is 4. The zero-order valence-electron chi connectivity index (χ0n) is 23.3. The number of amides is 3. The summed E-state index contributed by atoms with van der Waals surface area (Å²) in [7, 11) is 0. The van der Waals surface area contributed by atoms with Crippen molar-refractivity contribution in [3.05, 3.63) is 65.7 Å². The Hall–Kier alpha value is -4.65. The van der Waals surface area contributed by atoms with E-state index in [-0.39, 0.29) is 31.1 Å². The lowest BCUT2D eigenvalue weighted by molar-refractivity contribution is -0.144. The predicted octanol–water partition coefficient (Wildman–Crippen LogP) is -0.396. The number of benzene rings is 2. The van der Waals surface area contributed by atoms with Crippen LogP contribution in [0.5, 0.6) is 5.75 Å². The number of carboxylic acid groups (broad SMARTS) is 1. The summed E-state index contributed by atoms with van der Waals surface area (Å²) in [5, 5.41) is 24.6. The highest BCUT2D eigenvalue weighted by atomic mass is 16.4. The molecule has 226 valence electrons. The molecule has 0 aromatic heterocycles. The van der Waals surface area contributed by atoms with Gasteiger partial charge in [0.05, 0.1) is 6.04 Å². The van der Waals surface area contributed by atoms with Gasteiger partial charge in [-0.3, -0.25) is 19.4 Å². The summed E-state index contributed by atoms with van der Waals surface area (Å²) >= 11 is 0. The summed E-state index contributed by atoms with van der Waals surface area (Å²) in [6, 6.07) is 11.1. The molecule has 1 fully saturated rings. The fraction of sp³-hybridized carbons (Fsp3) is 0.414. The number of aliphatic imine (C=N–C) groups is 1. The molecule has 0 saturated carbocycles. The lowest BCUT2D eigenvalue weighted by Crippen LogP contribution is -2.57. The van der Waals surface area contributed by atoms with Crippen molar-refractivity contribution in [2.24, 2.45) is 22.2 Å². The lowest BCUT2D eigenvalue weighted by Gasteiger charge is -2.30. The van der Waals surface area contributed by atoms with Crippen molar-refractivity contribution < 1.29 is 29.4 Å². The number of nitrogens with two attached hydrogens (primary N) is 3. The molecule has 3 rings (SSSR count). The van der Waals surface area contributed by atoms with Crippen LogP contribution in [0.1, 0.15) is 36.8 Å². The molecule has 4 unspecified atom stereocenters. The third-order valence-corrected chi connectivity index (χ3v) is 7.03. The number of phenolic OH excluding ortho intramolecular Hbond substituents is 1. The second-order valence-electron chi connectivity index (χ2n) is 10.3. The number of likely N-dealkylation sites (tertiary alicyclic amines) is 1. The maximum absolute atomic E-state index is 13.8.